The molecule has 0 bridgehead atoms. The minimum Gasteiger partial charge on any atom is -0.382 e. The summed E-state index contributed by atoms with van der Waals surface area (Å²) in [4.78, 5) is 5.50. The Bertz CT molecular complexity index is 276. The van der Waals surface area contributed by atoms with E-state index >= 15 is 0 Å². The number of fused-ring (bicyclic) bond motifs is 1. The molecule has 4 heteroatoms. The first kappa shape index (κ1) is 17.2. The van der Waals surface area contributed by atoms with Gasteiger partial charge in [-0.3, -0.25) is 9.80 Å². The van der Waals surface area contributed by atoms with Gasteiger partial charge in [0.15, 0.2) is 0 Å². The van der Waals surface area contributed by atoms with Crippen molar-refractivity contribution in [1.29, 1.82) is 0 Å². The van der Waals surface area contributed by atoms with Crippen LogP contribution in [0.25, 0.3) is 0 Å². The molecule has 2 unspecified atom stereocenters. The van der Waals surface area contributed by atoms with Gasteiger partial charge in [-0.1, -0.05) is 13.3 Å². The van der Waals surface area contributed by atoms with Crippen LogP contribution in [0, 0.1) is 0 Å². The average Bonchev–Trinajstić information content (AvgIpc) is 2.53. The van der Waals surface area contributed by atoms with E-state index in [-0.39, 0.29) is 0 Å². The molecule has 4 nitrogen and oxygen atoms in total. The topological polar surface area (TPSA) is 24.9 Å². The van der Waals surface area contributed by atoms with Gasteiger partial charge in [-0.25, -0.2) is 0 Å². The molecule has 0 amide bonds. The number of piperazine rings is 1. The molecule has 0 spiro atoms. The van der Waals surface area contributed by atoms with Crippen molar-refractivity contribution < 1.29 is 9.47 Å². The van der Waals surface area contributed by atoms with Gasteiger partial charge in [0.2, 0.25) is 0 Å². The number of nitrogens with zero attached hydrogens (tertiary/aromatic N) is 2. The van der Waals surface area contributed by atoms with E-state index in [0.29, 0.717) is 6.61 Å². The maximum Gasteiger partial charge on any atom is 0.0700 e. The second-order valence-electron chi connectivity index (χ2n) is 6.51. The van der Waals surface area contributed by atoms with E-state index in [9.17, 15) is 0 Å². The van der Waals surface area contributed by atoms with Crippen LogP contribution in [0.1, 0.15) is 45.4 Å². The van der Waals surface area contributed by atoms with Crippen molar-refractivity contribution >= 4 is 0 Å². The van der Waals surface area contributed by atoms with Crippen molar-refractivity contribution in [3.8, 4) is 0 Å². The monoisotopic (exact) mass is 298 g/mol. The molecular formula is C17H34N2O2. The minimum atomic E-state index is 0.710. The normalized spacial score (nSPS) is 27.7. The Balaban J connectivity index is 1.64. The Morgan fingerprint density at radius 1 is 1.05 bits per heavy atom. The van der Waals surface area contributed by atoms with Gasteiger partial charge >= 0.3 is 0 Å². The first-order valence-corrected chi connectivity index (χ1v) is 8.90. The molecule has 2 aliphatic heterocycles. The van der Waals surface area contributed by atoms with E-state index in [2.05, 4.69) is 16.7 Å². The van der Waals surface area contributed by atoms with Gasteiger partial charge < -0.3 is 9.47 Å². The fourth-order valence-electron chi connectivity index (χ4n) is 3.74. The molecule has 0 aromatic carbocycles. The fraction of sp³-hybridized carbons (Fsp3) is 1.00. The van der Waals surface area contributed by atoms with Crippen molar-refractivity contribution in [2.45, 2.75) is 57.5 Å². The highest BCUT2D eigenvalue weighted by Gasteiger charge is 2.33. The van der Waals surface area contributed by atoms with Crippen LogP contribution >= 0.6 is 0 Å². The summed E-state index contributed by atoms with van der Waals surface area (Å²) in [6, 6.07) is 1.60. The van der Waals surface area contributed by atoms with E-state index in [1.54, 1.807) is 7.11 Å². The quantitative estimate of drug-likeness (QED) is 0.610. The molecule has 0 aliphatic carbocycles. The third-order valence-electron chi connectivity index (χ3n) is 5.04. The fourth-order valence-corrected chi connectivity index (χ4v) is 3.74. The number of unbranched alkanes of at least 4 members (excludes halogenated alkanes) is 1. The standard InChI is InChI=1S/C17H34N2O2/c1-3-16-14-19-9-5-4-8-17(19)15-18(16)10-6-7-11-21-13-12-20-2/h16-17H,3-15H2,1-2H3. The van der Waals surface area contributed by atoms with Crippen LogP contribution in [0.2, 0.25) is 0 Å². The van der Waals surface area contributed by atoms with Gasteiger partial charge in [0.25, 0.3) is 0 Å². The van der Waals surface area contributed by atoms with Crippen LogP contribution in [0.15, 0.2) is 0 Å². The molecule has 124 valence electrons. The van der Waals surface area contributed by atoms with Crippen LogP contribution in [0.4, 0.5) is 0 Å². The van der Waals surface area contributed by atoms with Crippen LogP contribution in [-0.2, 0) is 9.47 Å². The minimum absolute atomic E-state index is 0.710. The molecule has 0 aromatic heterocycles. The Morgan fingerprint density at radius 3 is 2.76 bits per heavy atom. The van der Waals surface area contributed by atoms with Crippen LogP contribution in [0.5, 0.6) is 0 Å². The molecular weight excluding hydrogens is 264 g/mol. The maximum absolute atomic E-state index is 5.55. The highest BCUT2D eigenvalue weighted by molar-refractivity contribution is 4.90. The lowest BCUT2D eigenvalue weighted by atomic mass is 9.95. The highest BCUT2D eigenvalue weighted by Crippen LogP contribution is 2.25. The van der Waals surface area contributed by atoms with Crippen LogP contribution < -0.4 is 0 Å². The predicted molar refractivity (Wildman–Crippen MR) is 86.8 cm³/mol. The maximum atomic E-state index is 5.55. The van der Waals surface area contributed by atoms with E-state index < -0.39 is 0 Å². The summed E-state index contributed by atoms with van der Waals surface area (Å²) in [6.07, 6.45) is 7.97. The van der Waals surface area contributed by atoms with Gasteiger partial charge in [0.1, 0.15) is 0 Å². The second-order valence-corrected chi connectivity index (χ2v) is 6.51. The Kier molecular flexibility index (Phi) is 8.01. The van der Waals surface area contributed by atoms with E-state index in [1.807, 2.05) is 0 Å². The SMILES string of the molecule is CCC1CN2CCCCC2CN1CCCCOCCOC. The molecule has 2 rings (SSSR count). The van der Waals surface area contributed by atoms with Crippen LogP contribution in [-0.4, -0.2) is 75.0 Å². The third-order valence-corrected chi connectivity index (χ3v) is 5.04. The van der Waals surface area contributed by atoms with Crippen molar-refractivity contribution in [2.75, 3.05) is 53.1 Å². The van der Waals surface area contributed by atoms with Crippen molar-refractivity contribution in [3.63, 3.8) is 0 Å². The summed E-state index contributed by atoms with van der Waals surface area (Å²) in [5, 5.41) is 0. The molecule has 0 aromatic rings. The molecule has 0 radical (unpaired) electrons. The summed E-state index contributed by atoms with van der Waals surface area (Å²) >= 11 is 0. The summed E-state index contributed by atoms with van der Waals surface area (Å²) in [5.41, 5.74) is 0. The zero-order valence-corrected chi connectivity index (χ0v) is 14.1. The lowest BCUT2D eigenvalue weighted by Crippen LogP contribution is -2.59. The van der Waals surface area contributed by atoms with Crippen molar-refractivity contribution in [2.24, 2.45) is 0 Å². The molecule has 2 saturated heterocycles. The number of rotatable bonds is 9. The number of ether oxygens (including phenoxy) is 2. The molecule has 21 heavy (non-hydrogen) atoms. The van der Waals surface area contributed by atoms with Gasteiger partial charge in [0, 0.05) is 38.9 Å². The van der Waals surface area contributed by atoms with Gasteiger partial charge in [-0.15, -0.1) is 0 Å². The largest absolute Gasteiger partial charge is 0.382 e. The zero-order valence-electron chi connectivity index (χ0n) is 14.1. The van der Waals surface area contributed by atoms with Gasteiger partial charge in [0.05, 0.1) is 13.2 Å². The predicted octanol–water partition coefficient (Wildman–Crippen LogP) is 2.38. The zero-order chi connectivity index (χ0) is 14.9. The first-order valence-electron chi connectivity index (χ1n) is 8.90. The Labute approximate surface area is 130 Å². The number of methoxy groups -OCH3 is 1. The van der Waals surface area contributed by atoms with Crippen molar-refractivity contribution in [1.82, 2.24) is 9.80 Å². The summed E-state index contributed by atoms with van der Waals surface area (Å²) < 4.78 is 10.5. The Hall–Kier alpha value is -0.160. The van der Waals surface area contributed by atoms with E-state index in [0.717, 1.165) is 25.3 Å². The lowest BCUT2D eigenvalue weighted by molar-refractivity contribution is 0.00526. The molecule has 2 aliphatic rings. The molecule has 0 saturated carbocycles. The summed E-state index contributed by atoms with van der Waals surface area (Å²) in [5.74, 6) is 0. The summed E-state index contributed by atoms with van der Waals surface area (Å²) in [6.45, 7) is 9.84. The number of piperidine rings is 1. The third kappa shape index (κ3) is 5.51. The average molecular weight is 298 g/mol. The second kappa shape index (κ2) is 9.78. The molecule has 2 atom stereocenters. The molecule has 2 fully saturated rings. The number of hydrogen-bond donors (Lipinski definition) is 0. The van der Waals surface area contributed by atoms with Gasteiger partial charge in [-0.2, -0.15) is 0 Å². The van der Waals surface area contributed by atoms with Gasteiger partial charge in [-0.05, 0) is 45.2 Å². The lowest BCUT2D eigenvalue weighted by Gasteiger charge is -2.48. The Morgan fingerprint density at radius 2 is 1.95 bits per heavy atom. The van der Waals surface area contributed by atoms with E-state index in [4.69, 9.17) is 9.47 Å². The number of hydrogen-bond acceptors (Lipinski definition) is 4. The smallest absolute Gasteiger partial charge is 0.0700 e. The summed E-state index contributed by atoms with van der Waals surface area (Å²) in [7, 11) is 1.72. The molecule has 2 heterocycles. The first-order chi connectivity index (χ1) is 10.3. The van der Waals surface area contributed by atoms with Crippen LogP contribution in [0.3, 0.4) is 0 Å². The van der Waals surface area contributed by atoms with Crippen molar-refractivity contribution in [3.05, 3.63) is 0 Å². The van der Waals surface area contributed by atoms with E-state index in [1.165, 1.54) is 64.7 Å². The molecule has 0 N–H and O–H groups in total. The highest BCUT2D eigenvalue weighted by atomic mass is 16.5.